The molecule has 7 aromatic rings. The minimum atomic E-state index is -2.02. The average Bonchev–Trinajstić information content (AvgIpc) is 3.99. The highest BCUT2D eigenvalue weighted by molar-refractivity contribution is 7.15. The number of hydrogen-bond acceptors (Lipinski definition) is 11. The first-order valence-electron chi connectivity index (χ1n) is 20.7. The molecule has 6 N–H and O–H groups in total. The zero-order valence-electron chi connectivity index (χ0n) is 34.0. The number of hydrogen-bond donors (Lipinski definition) is 6. The van der Waals surface area contributed by atoms with Crippen LogP contribution in [-0.4, -0.2) is 63.3 Å². The summed E-state index contributed by atoms with van der Waals surface area (Å²) in [5.74, 6) is -0.759. The summed E-state index contributed by atoms with van der Waals surface area (Å²) in [7, 11) is 0. The molecule has 8 rings (SSSR count). The molecule has 4 heterocycles. The number of phenols is 1. The molecule has 62 heavy (non-hydrogen) atoms. The number of esters is 1. The van der Waals surface area contributed by atoms with E-state index in [0.717, 1.165) is 52.7 Å². The normalized spacial score (nSPS) is 14.9. The van der Waals surface area contributed by atoms with Gasteiger partial charge in [0.15, 0.2) is 0 Å². The fourth-order valence-corrected chi connectivity index (χ4v) is 9.74. The zero-order chi connectivity index (χ0) is 43.1. The molecule has 0 radical (unpaired) electrons. The summed E-state index contributed by atoms with van der Waals surface area (Å²) in [4.78, 5) is 47.3. The van der Waals surface area contributed by atoms with Crippen LogP contribution in [0.25, 0.3) is 21.3 Å². The van der Waals surface area contributed by atoms with Crippen LogP contribution in [0, 0.1) is 5.92 Å². The number of aromatic amines is 1. The molecule has 0 bridgehead atoms. The van der Waals surface area contributed by atoms with Gasteiger partial charge in [-0.25, -0.2) is 4.79 Å². The maximum atomic E-state index is 14.0. The number of rotatable bonds is 16. The number of aromatic nitrogens is 1. The van der Waals surface area contributed by atoms with Crippen molar-refractivity contribution in [2.45, 2.75) is 44.2 Å². The van der Waals surface area contributed by atoms with Crippen LogP contribution in [0.2, 0.25) is 0 Å². The predicted octanol–water partition coefficient (Wildman–Crippen LogP) is 7.47. The molecule has 4 aromatic carbocycles. The molecule has 0 aliphatic carbocycles. The van der Waals surface area contributed by atoms with Gasteiger partial charge in [-0.15, -0.1) is 22.7 Å². The number of likely N-dealkylation sites (tertiary alicyclic amines) is 1. The summed E-state index contributed by atoms with van der Waals surface area (Å²) in [6.45, 7) is 3.95. The maximum Gasteiger partial charge on any atom is 0.347 e. The third-order valence-corrected chi connectivity index (χ3v) is 13.5. The van der Waals surface area contributed by atoms with Gasteiger partial charge in [-0.05, 0) is 96.6 Å². The number of aliphatic hydroxyl groups excluding tert-OH is 1. The van der Waals surface area contributed by atoms with E-state index in [9.17, 15) is 29.7 Å². The SMILES string of the molecule is O=C(NCc1ccc(-c2cccc(C(O)(C(=O)OCC3CCN(Cc4ccccc4)CC3)c3ccccc3)c2)s1)c1ccc(CNCC(O)c2ccc(O)c3[nH]c(=O)ccc23)s1. The number of nitrogens with zero attached hydrogens (tertiary/aromatic N) is 1. The lowest BCUT2D eigenvalue weighted by Crippen LogP contribution is -2.40. The number of ether oxygens (including phenoxy) is 1. The summed E-state index contributed by atoms with van der Waals surface area (Å²) < 4.78 is 5.94. The molecule has 2 atom stereocenters. The van der Waals surface area contributed by atoms with E-state index in [1.54, 1.807) is 48.5 Å². The molecule has 1 aliphatic heterocycles. The number of thiophene rings is 2. The number of H-pyrrole nitrogens is 1. The lowest BCUT2D eigenvalue weighted by Gasteiger charge is -2.33. The Balaban J connectivity index is 0.855. The van der Waals surface area contributed by atoms with E-state index in [0.29, 0.717) is 40.0 Å². The number of aromatic hydroxyl groups is 1. The van der Waals surface area contributed by atoms with Crippen LogP contribution in [0.5, 0.6) is 5.75 Å². The van der Waals surface area contributed by atoms with E-state index in [2.05, 4.69) is 44.8 Å². The third kappa shape index (κ3) is 9.89. The summed E-state index contributed by atoms with van der Waals surface area (Å²) in [6, 6.07) is 40.3. The molecule has 0 spiro atoms. The lowest BCUT2D eigenvalue weighted by molar-refractivity contribution is -0.164. The molecule has 13 heteroatoms. The smallest absolute Gasteiger partial charge is 0.347 e. The summed E-state index contributed by atoms with van der Waals surface area (Å²) in [6.07, 6.45) is 0.922. The van der Waals surface area contributed by atoms with Crippen LogP contribution in [0.3, 0.4) is 0 Å². The van der Waals surface area contributed by atoms with Crippen LogP contribution < -0.4 is 16.2 Å². The molecule has 0 saturated carbocycles. The number of carbonyl (C=O) groups is 2. The molecular weight excluding hydrogens is 821 g/mol. The summed E-state index contributed by atoms with van der Waals surface area (Å²) >= 11 is 2.88. The van der Waals surface area contributed by atoms with Crippen molar-refractivity contribution in [2.75, 3.05) is 26.2 Å². The number of aliphatic hydroxyl groups is 2. The van der Waals surface area contributed by atoms with Crippen molar-refractivity contribution in [1.82, 2.24) is 20.5 Å². The van der Waals surface area contributed by atoms with Gasteiger partial charge in [0, 0.05) is 51.3 Å². The highest BCUT2D eigenvalue weighted by Gasteiger charge is 2.42. The highest BCUT2D eigenvalue weighted by atomic mass is 32.1. The Morgan fingerprint density at radius 2 is 1.55 bits per heavy atom. The first-order valence-corrected chi connectivity index (χ1v) is 22.3. The number of amides is 1. The second-order valence-electron chi connectivity index (χ2n) is 15.6. The van der Waals surface area contributed by atoms with Crippen molar-refractivity contribution in [2.24, 2.45) is 5.92 Å². The van der Waals surface area contributed by atoms with E-state index in [1.807, 2.05) is 48.5 Å². The highest BCUT2D eigenvalue weighted by Crippen LogP contribution is 2.36. The van der Waals surface area contributed by atoms with Crippen molar-refractivity contribution in [3.63, 3.8) is 0 Å². The van der Waals surface area contributed by atoms with Gasteiger partial charge in [-0.3, -0.25) is 14.5 Å². The average molecular weight is 869 g/mol. The van der Waals surface area contributed by atoms with E-state index in [-0.39, 0.29) is 41.8 Å². The van der Waals surface area contributed by atoms with Gasteiger partial charge in [-0.2, -0.15) is 0 Å². The van der Waals surface area contributed by atoms with Gasteiger partial charge in [-0.1, -0.05) is 84.9 Å². The largest absolute Gasteiger partial charge is 0.506 e. The topological polar surface area (TPSA) is 164 Å². The Morgan fingerprint density at radius 3 is 2.34 bits per heavy atom. The van der Waals surface area contributed by atoms with Crippen molar-refractivity contribution in [3.05, 3.63) is 181 Å². The number of benzene rings is 4. The molecule has 318 valence electrons. The van der Waals surface area contributed by atoms with Crippen LogP contribution in [0.1, 0.15) is 60.6 Å². The van der Waals surface area contributed by atoms with E-state index in [1.165, 1.54) is 40.4 Å². The van der Waals surface area contributed by atoms with Gasteiger partial charge >= 0.3 is 5.97 Å². The Hall–Kier alpha value is -5.93. The Morgan fingerprint density at radius 1 is 0.823 bits per heavy atom. The molecule has 1 saturated heterocycles. The molecule has 1 amide bonds. The molecule has 1 fully saturated rings. The zero-order valence-corrected chi connectivity index (χ0v) is 35.6. The first-order chi connectivity index (χ1) is 30.1. The standard InChI is InChI=1S/C49H48N4O7S2/c54-41-18-16-39(40-17-21-45(56)52-46(40)41)42(55)29-50-27-37-15-20-44(62-37)47(57)51-28-38-14-19-43(61-38)34-10-7-13-36(26-34)49(59,35-11-5-2-6-12-35)48(58)60-31-33-22-24-53(25-23-33)30-32-8-3-1-4-9-32/h1-21,26,33,42,50,54-55,59H,22-25,27-31H2,(H,51,57)(H,52,56). The number of carbonyl (C=O) groups excluding carboxylic acids is 2. The predicted molar refractivity (Wildman–Crippen MR) is 243 cm³/mol. The van der Waals surface area contributed by atoms with Crippen LogP contribution in [-0.2, 0) is 34.8 Å². The van der Waals surface area contributed by atoms with Gasteiger partial charge in [0.2, 0.25) is 11.2 Å². The number of nitrogens with one attached hydrogen (secondary N) is 3. The van der Waals surface area contributed by atoms with Crippen molar-refractivity contribution in [1.29, 1.82) is 0 Å². The Kier molecular flexibility index (Phi) is 13.4. The third-order valence-electron chi connectivity index (χ3n) is 11.3. The fraction of sp³-hybridized carbons (Fsp3) is 0.245. The Labute approximate surface area is 367 Å². The summed E-state index contributed by atoms with van der Waals surface area (Å²) in [5, 5.41) is 40.2. The Bertz CT molecular complexity index is 2690. The van der Waals surface area contributed by atoms with Gasteiger partial charge < -0.3 is 35.7 Å². The van der Waals surface area contributed by atoms with Crippen molar-refractivity contribution < 1.29 is 29.6 Å². The summed E-state index contributed by atoms with van der Waals surface area (Å²) in [5.41, 5.74) is 1.45. The molecule has 1 aliphatic rings. The number of phenolic OH excluding ortho intramolecular Hbond substituents is 1. The number of fused-ring (bicyclic) bond motifs is 1. The van der Waals surface area contributed by atoms with Gasteiger partial charge in [0.25, 0.3) is 5.91 Å². The van der Waals surface area contributed by atoms with Gasteiger partial charge in [0.05, 0.1) is 29.6 Å². The van der Waals surface area contributed by atoms with Crippen molar-refractivity contribution in [3.8, 4) is 16.2 Å². The second-order valence-corrected chi connectivity index (χ2v) is 17.9. The van der Waals surface area contributed by atoms with Crippen LogP contribution in [0.4, 0.5) is 0 Å². The minimum Gasteiger partial charge on any atom is -0.506 e. The number of piperidine rings is 1. The quantitative estimate of drug-likeness (QED) is 0.0541. The van der Waals surface area contributed by atoms with Crippen molar-refractivity contribution >= 4 is 45.5 Å². The maximum absolute atomic E-state index is 14.0. The van der Waals surface area contributed by atoms with Crippen LogP contribution in [0.15, 0.2) is 138 Å². The monoisotopic (exact) mass is 868 g/mol. The van der Waals surface area contributed by atoms with Crippen LogP contribution >= 0.6 is 22.7 Å². The van der Waals surface area contributed by atoms with E-state index < -0.39 is 17.7 Å². The van der Waals surface area contributed by atoms with Gasteiger partial charge in [0.1, 0.15) is 5.75 Å². The first kappa shape index (κ1) is 42.7. The fourth-order valence-electron chi connectivity index (χ4n) is 7.90. The van der Waals surface area contributed by atoms with E-state index in [4.69, 9.17) is 4.74 Å². The molecule has 2 unspecified atom stereocenters. The lowest BCUT2D eigenvalue weighted by atomic mass is 9.85. The second kappa shape index (κ2) is 19.4. The minimum absolute atomic E-state index is 0.0685. The molecule has 11 nitrogen and oxygen atoms in total. The molecular formula is C49H48N4O7S2. The van der Waals surface area contributed by atoms with E-state index >= 15 is 0 Å². The number of pyridine rings is 1. The molecule has 3 aromatic heterocycles.